The lowest BCUT2D eigenvalue weighted by molar-refractivity contribution is -0.136. The van der Waals surface area contributed by atoms with Crippen LogP contribution in [0, 0.1) is 12.8 Å². The molecule has 9 nitrogen and oxygen atoms in total. The predicted octanol–water partition coefficient (Wildman–Crippen LogP) is 2.38. The lowest BCUT2D eigenvalue weighted by Crippen LogP contribution is -2.51. The van der Waals surface area contributed by atoms with Crippen LogP contribution in [0.4, 0.5) is 11.5 Å². The summed E-state index contributed by atoms with van der Waals surface area (Å²) in [6.45, 7) is 10.2. The molecule has 0 aliphatic carbocycles. The molecule has 0 saturated carbocycles. The average Bonchev–Trinajstić information content (AvgIpc) is 3.24. The fourth-order valence-corrected chi connectivity index (χ4v) is 4.73. The maximum Gasteiger partial charge on any atom is 0.228 e. The Labute approximate surface area is 199 Å². The first kappa shape index (κ1) is 22.4. The molecule has 0 radical (unpaired) electrons. The van der Waals surface area contributed by atoms with E-state index in [1.807, 2.05) is 36.1 Å². The zero-order valence-electron chi connectivity index (χ0n) is 20.0. The minimum atomic E-state index is -0.332. The highest BCUT2D eigenvalue weighted by Gasteiger charge is 2.38. The molecule has 2 fully saturated rings. The number of anilines is 2. The van der Waals surface area contributed by atoms with Gasteiger partial charge in [0.25, 0.3) is 0 Å². The number of amides is 2. The Morgan fingerprint density at radius 2 is 1.76 bits per heavy atom. The first-order valence-electron chi connectivity index (χ1n) is 12.0. The van der Waals surface area contributed by atoms with Crippen LogP contribution in [0.2, 0.25) is 0 Å². The molecule has 34 heavy (non-hydrogen) atoms. The van der Waals surface area contributed by atoms with Crippen LogP contribution < -0.4 is 19.3 Å². The summed E-state index contributed by atoms with van der Waals surface area (Å²) in [6.07, 6.45) is 0.232. The SMILES string of the molecule is Cc1cc(N2CCN(C(=O)[C@H]3CC(=O)N(c4ccc5c(c4)OCCO5)C3)CC2)nc(C(C)C)n1. The third kappa shape index (κ3) is 4.38. The molecule has 2 amide bonds. The van der Waals surface area contributed by atoms with E-state index < -0.39 is 0 Å². The average molecular weight is 466 g/mol. The molecule has 3 aliphatic heterocycles. The monoisotopic (exact) mass is 465 g/mol. The molecule has 1 aromatic carbocycles. The number of aromatic nitrogens is 2. The third-order valence-electron chi connectivity index (χ3n) is 6.60. The molecule has 2 aromatic rings. The summed E-state index contributed by atoms with van der Waals surface area (Å²) in [4.78, 5) is 41.1. The molecular weight excluding hydrogens is 434 g/mol. The number of hydrogen-bond donors (Lipinski definition) is 0. The normalized spacial score (nSPS) is 20.3. The van der Waals surface area contributed by atoms with Gasteiger partial charge in [-0.3, -0.25) is 9.59 Å². The smallest absolute Gasteiger partial charge is 0.228 e. The van der Waals surface area contributed by atoms with Gasteiger partial charge in [-0.05, 0) is 19.1 Å². The van der Waals surface area contributed by atoms with Gasteiger partial charge in [0.1, 0.15) is 24.9 Å². The number of fused-ring (bicyclic) bond motifs is 1. The molecule has 9 heteroatoms. The first-order valence-corrected chi connectivity index (χ1v) is 12.0. The van der Waals surface area contributed by atoms with Gasteiger partial charge in [0.15, 0.2) is 11.5 Å². The second-order valence-corrected chi connectivity index (χ2v) is 9.43. The van der Waals surface area contributed by atoms with Crippen LogP contribution in [0.15, 0.2) is 24.3 Å². The minimum Gasteiger partial charge on any atom is -0.486 e. The second kappa shape index (κ2) is 9.12. The van der Waals surface area contributed by atoms with Gasteiger partial charge in [-0.15, -0.1) is 0 Å². The van der Waals surface area contributed by atoms with E-state index in [1.54, 1.807) is 4.90 Å². The molecule has 4 heterocycles. The van der Waals surface area contributed by atoms with Gasteiger partial charge in [0.2, 0.25) is 11.8 Å². The summed E-state index contributed by atoms with van der Waals surface area (Å²) in [5.74, 6) is 3.04. The number of carbonyl (C=O) groups is 2. The van der Waals surface area contributed by atoms with Crippen molar-refractivity contribution in [2.75, 3.05) is 55.7 Å². The Morgan fingerprint density at radius 1 is 1.03 bits per heavy atom. The van der Waals surface area contributed by atoms with Crippen molar-refractivity contribution < 1.29 is 19.1 Å². The molecule has 3 aliphatic rings. The van der Waals surface area contributed by atoms with Crippen molar-refractivity contribution in [3.05, 3.63) is 35.8 Å². The quantitative estimate of drug-likeness (QED) is 0.685. The number of piperazine rings is 1. The molecule has 2 saturated heterocycles. The third-order valence-corrected chi connectivity index (χ3v) is 6.60. The number of rotatable bonds is 4. The fraction of sp³-hybridized carbons (Fsp3) is 0.520. The summed E-state index contributed by atoms with van der Waals surface area (Å²) in [7, 11) is 0. The maximum atomic E-state index is 13.3. The van der Waals surface area contributed by atoms with Crippen molar-refractivity contribution in [3.63, 3.8) is 0 Å². The van der Waals surface area contributed by atoms with Crippen LogP contribution in [-0.2, 0) is 9.59 Å². The lowest BCUT2D eigenvalue weighted by Gasteiger charge is -2.36. The van der Waals surface area contributed by atoms with E-state index in [0.717, 1.165) is 23.0 Å². The van der Waals surface area contributed by atoms with E-state index in [0.29, 0.717) is 57.4 Å². The highest BCUT2D eigenvalue weighted by atomic mass is 16.6. The van der Waals surface area contributed by atoms with E-state index in [-0.39, 0.29) is 30.1 Å². The predicted molar refractivity (Wildman–Crippen MR) is 128 cm³/mol. The highest BCUT2D eigenvalue weighted by molar-refractivity contribution is 6.00. The van der Waals surface area contributed by atoms with E-state index in [4.69, 9.17) is 14.5 Å². The largest absolute Gasteiger partial charge is 0.486 e. The number of benzene rings is 1. The van der Waals surface area contributed by atoms with Crippen molar-refractivity contribution in [2.45, 2.75) is 33.1 Å². The summed E-state index contributed by atoms with van der Waals surface area (Å²) in [6, 6.07) is 7.51. The van der Waals surface area contributed by atoms with Crippen molar-refractivity contribution in [2.24, 2.45) is 5.92 Å². The van der Waals surface area contributed by atoms with Crippen LogP contribution in [-0.4, -0.2) is 72.6 Å². The second-order valence-electron chi connectivity index (χ2n) is 9.43. The molecule has 0 N–H and O–H groups in total. The van der Waals surface area contributed by atoms with Gasteiger partial charge >= 0.3 is 0 Å². The zero-order chi connectivity index (χ0) is 23.8. The Hall–Kier alpha value is -3.36. The molecule has 0 unspecified atom stereocenters. The lowest BCUT2D eigenvalue weighted by atomic mass is 10.1. The molecule has 0 bridgehead atoms. The molecule has 1 atom stereocenters. The highest BCUT2D eigenvalue weighted by Crippen LogP contribution is 2.36. The van der Waals surface area contributed by atoms with Gasteiger partial charge in [-0.25, -0.2) is 9.97 Å². The Kier molecular flexibility index (Phi) is 6.02. The van der Waals surface area contributed by atoms with Crippen LogP contribution in [0.1, 0.15) is 37.7 Å². The van der Waals surface area contributed by atoms with E-state index in [2.05, 4.69) is 23.7 Å². The van der Waals surface area contributed by atoms with Gasteiger partial charge < -0.3 is 24.2 Å². The van der Waals surface area contributed by atoms with Crippen LogP contribution >= 0.6 is 0 Å². The standard InChI is InChI=1S/C25H31N5O4/c1-16(2)24-26-17(3)12-22(27-24)28-6-8-29(9-7-28)25(32)18-13-23(31)30(15-18)19-4-5-20-21(14-19)34-11-10-33-20/h4-5,12,14,16,18H,6-11,13,15H2,1-3H3/t18-/m0/s1. The van der Waals surface area contributed by atoms with Crippen molar-refractivity contribution in [1.82, 2.24) is 14.9 Å². The van der Waals surface area contributed by atoms with Crippen molar-refractivity contribution >= 4 is 23.3 Å². The molecule has 0 spiro atoms. The Morgan fingerprint density at radius 3 is 2.50 bits per heavy atom. The van der Waals surface area contributed by atoms with E-state index in [1.165, 1.54) is 0 Å². The minimum absolute atomic E-state index is 0.0358. The number of nitrogens with zero attached hydrogens (tertiary/aromatic N) is 5. The van der Waals surface area contributed by atoms with Crippen molar-refractivity contribution in [1.29, 1.82) is 0 Å². The number of ether oxygens (including phenoxy) is 2. The summed E-state index contributed by atoms with van der Waals surface area (Å²) < 4.78 is 11.2. The summed E-state index contributed by atoms with van der Waals surface area (Å²) in [5.41, 5.74) is 1.70. The van der Waals surface area contributed by atoms with Crippen LogP contribution in [0.25, 0.3) is 0 Å². The number of aryl methyl sites for hydroxylation is 1. The van der Waals surface area contributed by atoms with Crippen LogP contribution in [0.3, 0.4) is 0 Å². The number of hydrogen-bond acceptors (Lipinski definition) is 7. The van der Waals surface area contributed by atoms with Gasteiger partial charge in [-0.2, -0.15) is 0 Å². The van der Waals surface area contributed by atoms with Gasteiger partial charge in [0, 0.05) is 68.6 Å². The summed E-state index contributed by atoms with van der Waals surface area (Å²) in [5, 5.41) is 0. The maximum absolute atomic E-state index is 13.3. The van der Waals surface area contributed by atoms with Crippen molar-refractivity contribution in [3.8, 4) is 11.5 Å². The van der Waals surface area contributed by atoms with E-state index >= 15 is 0 Å². The molecule has 180 valence electrons. The Bertz CT molecular complexity index is 1100. The van der Waals surface area contributed by atoms with Gasteiger partial charge in [0.05, 0.1) is 5.92 Å². The molecule has 5 rings (SSSR count). The van der Waals surface area contributed by atoms with Gasteiger partial charge in [-0.1, -0.05) is 13.8 Å². The molecule has 1 aromatic heterocycles. The molecular formula is C25H31N5O4. The first-order chi connectivity index (χ1) is 16.4. The zero-order valence-corrected chi connectivity index (χ0v) is 20.0. The van der Waals surface area contributed by atoms with E-state index in [9.17, 15) is 9.59 Å². The summed E-state index contributed by atoms with van der Waals surface area (Å²) >= 11 is 0. The number of carbonyl (C=O) groups excluding carboxylic acids is 2. The Balaban J connectivity index is 1.21. The topological polar surface area (TPSA) is 88.1 Å². The van der Waals surface area contributed by atoms with Crippen LogP contribution in [0.5, 0.6) is 11.5 Å². The fourth-order valence-electron chi connectivity index (χ4n) is 4.73.